The van der Waals surface area contributed by atoms with Crippen molar-refractivity contribution in [1.82, 2.24) is 5.43 Å². The Kier molecular flexibility index (Phi) is 5.33. The Hall–Kier alpha value is -3.45. The lowest BCUT2D eigenvalue weighted by Gasteiger charge is -2.00. The van der Waals surface area contributed by atoms with Crippen molar-refractivity contribution in [3.63, 3.8) is 0 Å². The molecule has 3 aromatic rings. The molecule has 0 bridgehead atoms. The highest BCUT2D eigenvalue weighted by atomic mass is 35.5. The van der Waals surface area contributed by atoms with E-state index in [4.69, 9.17) is 16.0 Å². The Labute approximate surface area is 159 Å². The van der Waals surface area contributed by atoms with Crippen molar-refractivity contribution in [2.75, 3.05) is 0 Å². The van der Waals surface area contributed by atoms with Crippen LogP contribution in [0.3, 0.4) is 0 Å². The van der Waals surface area contributed by atoms with Crippen LogP contribution in [0.15, 0.2) is 64.1 Å². The predicted molar refractivity (Wildman–Crippen MR) is 102 cm³/mol. The minimum Gasteiger partial charge on any atom is -0.455 e. The third-order valence-electron chi connectivity index (χ3n) is 3.73. The summed E-state index contributed by atoms with van der Waals surface area (Å²) < 4.78 is 5.58. The number of aryl methyl sites for hydroxylation is 1. The molecule has 2 aromatic carbocycles. The summed E-state index contributed by atoms with van der Waals surface area (Å²) >= 11 is 5.81. The molecule has 8 heteroatoms. The first-order chi connectivity index (χ1) is 12.9. The number of nitrogens with zero attached hydrogens (tertiary/aromatic N) is 2. The van der Waals surface area contributed by atoms with Crippen molar-refractivity contribution in [3.8, 4) is 11.3 Å². The van der Waals surface area contributed by atoms with E-state index >= 15 is 0 Å². The number of hydrogen-bond donors (Lipinski definition) is 1. The van der Waals surface area contributed by atoms with Gasteiger partial charge in [-0.05, 0) is 43.3 Å². The van der Waals surface area contributed by atoms with E-state index < -0.39 is 4.92 Å². The maximum absolute atomic E-state index is 12.0. The van der Waals surface area contributed by atoms with Gasteiger partial charge in [-0.15, -0.1) is 0 Å². The van der Waals surface area contributed by atoms with Gasteiger partial charge in [0, 0.05) is 17.2 Å². The van der Waals surface area contributed by atoms with E-state index in [-0.39, 0.29) is 16.6 Å². The lowest BCUT2D eigenvalue weighted by molar-refractivity contribution is -0.384. The zero-order valence-corrected chi connectivity index (χ0v) is 14.9. The first kappa shape index (κ1) is 18.3. The summed E-state index contributed by atoms with van der Waals surface area (Å²) in [7, 11) is 0. The fourth-order valence-corrected chi connectivity index (χ4v) is 2.49. The molecule has 0 saturated carbocycles. The molecule has 1 aromatic heterocycles. The molecule has 0 saturated heterocycles. The van der Waals surface area contributed by atoms with Gasteiger partial charge in [-0.25, -0.2) is 5.43 Å². The SMILES string of the molecule is Cc1ccc(C(=O)N/N=C/c2ccc(-c3ccc(Cl)c([N+](=O)[O-])c3)o2)cc1. The third kappa shape index (κ3) is 4.39. The number of carbonyl (C=O) groups is 1. The Morgan fingerprint density at radius 1 is 1.19 bits per heavy atom. The summed E-state index contributed by atoms with van der Waals surface area (Å²) in [4.78, 5) is 22.4. The molecular weight excluding hydrogens is 370 g/mol. The molecule has 3 rings (SSSR count). The molecule has 27 heavy (non-hydrogen) atoms. The molecule has 0 spiro atoms. The minimum absolute atomic E-state index is 0.0518. The normalized spacial score (nSPS) is 10.9. The molecule has 0 atom stereocenters. The topological polar surface area (TPSA) is 97.7 Å². The van der Waals surface area contributed by atoms with Gasteiger partial charge in [0.25, 0.3) is 11.6 Å². The second-order valence-corrected chi connectivity index (χ2v) is 6.10. The van der Waals surface area contributed by atoms with Crippen LogP contribution in [0.1, 0.15) is 21.7 Å². The second-order valence-electron chi connectivity index (χ2n) is 5.69. The summed E-state index contributed by atoms with van der Waals surface area (Å²) in [6.07, 6.45) is 1.35. The first-order valence-corrected chi connectivity index (χ1v) is 8.26. The van der Waals surface area contributed by atoms with Crippen molar-refractivity contribution in [1.29, 1.82) is 0 Å². The number of nitro benzene ring substituents is 1. The Morgan fingerprint density at radius 2 is 1.93 bits per heavy atom. The zero-order valence-electron chi connectivity index (χ0n) is 14.2. The third-order valence-corrected chi connectivity index (χ3v) is 4.05. The molecular formula is C19H14ClN3O4. The highest BCUT2D eigenvalue weighted by Crippen LogP contribution is 2.30. The molecule has 1 amide bonds. The van der Waals surface area contributed by atoms with Crippen LogP contribution in [0.5, 0.6) is 0 Å². The summed E-state index contributed by atoms with van der Waals surface area (Å²) in [5.41, 5.74) is 4.27. The van der Waals surface area contributed by atoms with E-state index in [1.54, 1.807) is 30.3 Å². The van der Waals surface area contributed by atoms with Gasteiger partial charge >= 0.3 is 0 Å². The standard InChI is InChI=1S/C19H14ClN3O4/c1-12-2-4-13(5-3-12)19(24)22-21-11-15-7-9-18(27-15)14-6-8-16(20)17(10-14)23(25)26/h2-11H,1H3,(H,22,24)/b21-11+. The van der Waals surface area contributed by atoms with Gasteiger partial charge in [-0.2, -0.15) is 5.10 Å². The van der Waals surface area contributed by atoms with Crippen LogP contribution < -0.4 is 5.43 Å². The van der Waals surface area contributed by atoms with Crippen molar-refractivity contribution >= 4 is 29.4 Å². The van der Waals surface area contributed by atoms with E-state index in [1.807, 2.05) is 19.1 Å². The van der Waals surface area contributed by atoms with Gasteiger partial charge in [0.15, 0.2) is 0 Å². The number of halogens is 1. The Bertz CT molecular complexity index is 1030. The van der Waals surface area contributed by atoms with Crippen LogP contribution in [-0.2, 0) is 0 Å². The molecule has 0 aliphatic carbocycles. The lowest BCUT2D eigenvalue weighted by atomic mass is 10.1. The monoisotopic (exact) mass is 383 g/mol. The molecule has 0 unspecified atom stereocenters. The van der Waals surface area contributed by atoms with Gasteiger partial charge in [-0.1, -0.05) is 29.3 Å². The second kappa shape index (κ2) is 7.84. The van der Waals surface area contributed by atoms with Crippen LogP contribution in [0.4, 0.5) is 5.69 Å². The summed E-state index contributed by atoms with van der Waals surface area (Å²) in [6, 6.07) is 14.8. The maximum atomic E-state index is 12.0. The number of hydrogen-bond acceptors (Lipinski definition) is 5. The van der Waals surface area contributed by atoms with Crippen molar-refractivity contribution in [3.05, 3.63) is 86.6 Å². The lowest BCUT2D eigenvalue weighted by Crippen LogP contribution is -2.17. The van der Waals surface area contributed by atoms with Crippen LogP contribution in [0, 0.1) is 17.0 Å². The number of nitro groups is 1. The van der Waals surface area contributed by atoms with Crippen LogP contribution in [0.25, 0.3) is 11.3 Å². The highest BCUT2D eigenvalue weighted by molar-refractivity contribution is 6.32. The van der Waals surface area contributed by atoms with Gasteiger partial charge in [0.2, 0.25) is 0 Å². The fraction of sp³-hybridized carbons (Fsp3) is 0.0526. The molecule has 7 nitrogen and oxygen atoms in total. The number of amides is 1. The van der Waals surface area contributed by atoms with Gasteiger partial charge < -0.3 is 4.42 Å². The minimum atomic E-state index is -0.558. The van der Waals surface area contributed by atoms with E-state index in [2.05, 4.69) is 10.5 Å². The highest BCUT2D eigenvalue weighted by Gasteiger charge is 2.15. The summed E-state index contributed by atoms with van der Waals surface area (Å²) in [5.74, 6) is 0.458. The summed E-state index contributed by atoms with van der Waals surface area (Å²) in [5, 5.41) is 14.9. The number of furan rings is 1. The van der Waals surface area contributed by atoms with Crippen molar-refractivity contribution in [2.24, 2.45) is 5.10 Å². The number of carbonyl (C=O) groups excluding carboxylic acids is 1. The fourth-order valence-electron chi connectivity index (χ4n) is 2.31. The van der Waals surface area contributed by atoms with Crippen molar-refractivity contribution < 1.29 is 14.1 Å². The largest absolute Gasteiger partial charge is 0.455 e. The van der Waals surface area contributed by atoms with Crippen LogP contribution in [0.2, 0.25) is 5.02 Å². The molecule has 1 heterocycles. The molecule has 0 aliphatic heterocycles. The van der Waals surface area contributed by atoms with E-state index in [0.29, 0.717) is 22.6 Å². The average molecular weight is 384 g/mol. The molecule has 0 fully saturated rings. The Morgan fingerprint density at radius 3 is 2.63 bits per heavy atom. The quantitative estimate of drug-likeness (QED) is 0.396. The molecule has 136 valence electrons. The van der Waals surface area contributed by atoms with Crippen LogP contribution >= 0.6 is 11.6 Å². The van der Waals surface area contributed by atoms with Gasteiger partial charge in [0.1, 0.15) is 16.5 Å². The number of rotatable bonds is 5. The molecule has 0 aliphatic rings. The average Bonchev–Trinajstić information content (AvgIpc) is 3.11. The summed E-state index contributed by atoms with van der Waals surface area (Å²) in [6.45, 7) is 1.93. The number of nitrogens with one attached hydrogen (secondary N) is 1. The molecule has 0 radical (unpaired) electrons. The zero-order chi connectivity index (χ0) is 19.4. The predicted octanol–water partition coefficient (Wildman–Crippen LogP) is 4.58. The van der Waals surface area contributed by atoms with E-state index in [0.717, 1.165) is 5.56 Å². The smallest absolute Gasteiger partial charge is 0.288 e. The van der Waals surface area contributed by atoms with E-state index in [9.17, 15) is 14.9 Å². The van der Waals surface area contributed by atoms with Gasteiger partial charge in [-0.3, -0.25) is 14.9 Å². The maximum Gasteiger partial charge on any atom is 0.288 e. The number of hydrazone groups is 1. The number of benzene rings is 2. The van der Waals surface area contributed by atoms with Crippen LogP contribution in [-0.4, -0.2) is 17.0 Å². The van der Waals surface area contributed by atoms with E-state index in [1.165, 1.54) is 18.3 Å². The van der Waals surface area contributed by atoms with Crippen molar-refractivity contribution in [2.45, 2.75) is 6.92 Å². The Balaban J connectivity index is 1.70. The first-order valence-electron chi connectivity index (χ1n) is 7.88. The molecule has 1 N–H and O–H groups in total. The van der Waals surface area contributed by atoms with Gasteiger partial charge in [0.05, 0.1) is 11.1 Å².